The van der Waals surface area contributed by atoms with Crippen molar-refractivity contribution in [2.24, 2.45) is 0 Å². The molecule has 92 valence electrons. The molecule has 0 amide bonds. The summed E-state index contributed by atoms with van der Waals surface area (Å²) in [7, 11) is 0. The van der Waals surface area contributed by atoms with Gasteiger partial charge in [-0.25, -0.2) is 14.0 Å². The lowest BCUT2D eigenvalue weighted by molar-refractivity contribution is -0.164. The number of aryl methyl sites for hydroxylation is 1. The van der Waals surface area contributed by atoms with Crippen LogP contribution in [0.1, 0.15) is 19.4 Å². The lowest BCUT2D eigenvalue weighted by Gasteiger charge is -2.08. The van der Waals surface area contributed by atoms with Gasteiger partial charge in [-0.3, -0.25) is 0 Å². The second-order valence-electron chi connectivity index (χ2n) is 3.75. The van der Waals surface area contributed by atoms with Crippen LogP contribution in [-0.2, 0) is 14.3 Å². The lowest BCUT2D eigenvalue weighted by Crippen LogP contribution is -2.25. The summed E-state index contributed by atoms with van der Waals surface area (Å²) in [4.78, 5) is 22.4. The maximum atomic E-state index is 12.9. The molecule has 0 heterocycles. The van der Waals surface area contributed by atoms with Crippen molar-refractivity contribution in [2.45, 2.75) is 26.9 Å². The van der Waals surface area contributed by atoms with Crippen LogP contribution >= 0.6 is 0 Å². The van der Waals surface area contributed by atoms with Crippen LogP contribution in [0, 0.1) is 12.7 Å². The van der Waals surface area contributed by atoms with Crippen molar-refractivity contribution >= 4 is 11.9 Å². The number of hydrogen-bond acceptors (Lipinski definition) is 4. The van der Waals surface area contributed by atoms with Gasteiger partial charge in [0.15, 0.2) is 0 Å². The highest BCUT2D eigenvalue weighted by Crippen LogP contribution is 2.16. The first-order valence-corrected chi connectivity index (χ1v) is 5.09. The van der Waals surface area contributed by atoms with Crippen LogP contribution in [0.2, 0.25) is 0 Å². The normalized spacial score (nSPS) is 10.2. The largest absolute Gasteiger partial charge is 0.455 e. The van der Waals surface area contributed by atoms with E-state index in [1.54, 1.807) is 13.8 Å². The third-order valence-electron chi connectivity index (χ3n) is 1.85. The van der Waals surface area contributed by atoms with Crippen LogP contribution in [0.5, 0.6) is 5.75 Å². The van der Waals surface area contributed by atoms with Crippen molar-refractivity contribution in [1.82, 2.24) is 0 Å². The average Bonchev–Trinajstić information content (AvgIpc) is 2.22. The standard InChI is InChI=1S/C12H13FO4/c1-7(2)16-11(14)12(15)17-9-4-5-10(13)8(3)6-9/h4-7H,1-3H3. The minimum atomic E-state index is -1.12. The number of halogens is 1. The molecular formula is C12H13FO4. The van der Waals surface area contributed by atoms with Gasteiger partial charge in [0.05, 0.1) is 6.10 Å². The van der Waals surface area contributed by atoms with Crippen molar-refractivity contribution in [3.05, 3.63) is 29.6 Å². The number of ether oxygens (including phenoxy) is 2. The van der Waals surface area contributed by atoms with Crippen LogP contribution in [0.15, 0.2) is 18.2 Å². The van der Waals surface area contributed by atoms with Crippen LogP contribution in [-0.4, -0.2) is 18.0 Å². The topological polar surface area (TPSA) is 52.6 Å². The smallest absolute Gasteiger partial charge is 0.422 e. The van der Waals surface area contributed by atoms with Gasteiger partial charge in [0.25, 0.3) is 0 Å². The molecule has 5 heteroatoms. The monoisotopic (exact) mass is 240 g/mol. The van der Waals surface area contributed by atoms with Crippen LogP contribution in [0.25, 0.3) is 0 Å². The molecule has 0 radical (unpaired) electrons. The van der Waals surface area contributed by atoms with Gasteiger partial charge in [-0.15, -0.1) is 0 Å². The molecule has 0 fully saturated rings. The van der Waals surface area contributed by atoms with Gasteiger partial charge >= 0.3 is 11.9 Å². The van der Waals surface area contributed by atoms with E-state index in [0.717, 1.165) is 6.07 Å². The molecule has 0 spiro atoms. The molecule has 0 aromatic heterocycles. The van der Waals surface area contributed by atoms with Crippen molar-refractivity contribution in [3.8, 4) is 5.75 Å². The molecule has 1 aromatic carbocycles. The Labute approximate surface area is 98.3 Å². The van der Waals surface area contributed by atoms with E-state index in [0.29, 0.717) is 5.56 Å². The number of carbonyl (C=O) groups is 2. The molecule has 0 atom stereocenters. The quantitative estimate of drug-likeness (QED) is 0.450. The zero-order chi connectivity index (χ0) is 13.0. The molecule has 1 aromatic rings. The fourth-order valence-corrected chi connectivity index (χ4v) is 1.09. The molecule has 1 rings (SSSR count). The SMILES string of the molecule is Cc1cc(OC(=O)C(=O)OC(C)C)ccc1F. The highest BCUT2D eigenvalue weighted by Gasteiger charge is 2.19. The van der Waals surface area contributed by atoms with E-state index in [4.69, 9.17) is 4.74 Å². The lowest BCUT2D eigenvalue weighted by atomic mass is 10.2. The first-order valence-electron chi connectivity index (χ1n) is 5.09. The van der Waals surface area contributed by atoms with Crippen molar-refractivity contribution in [1.29, 1.82) is 0 Å². The summed E-state index contributed by atoms with van der Waals surface area (Å²) in [5, 5.41) is 0. The van der Waals surface area contributed by atoms with Gasteiger partial charge in [0.2, 0.25) is 0 Å². The second kappa shape index (κ2) is 5.43. The molecule has 0 saturated carbocycles. The van der Waals surface area contributed by atoms with Gasteiger partial charge in [0.1, 0.15) is 11.6 Å². The van der Waals surface area contributed by atoms with E-state index in [-0.39, 0.29) is 5.75 Å². The van der Waals surface area contributed by atoms with Crippen LogP contribution in [0.3, 0.4) is 0 Å². The predicted molar refractivity (Wildman–Crippen MR) is 58.0 cm³/mol. The van der Waals surface area contributed by atoms with E-state index >= 15 is 0 Å². The number of benzene rings is 1. The zero-order valence-electron chi connectivity index (χ0n) is 9.82. The molecule has 0 aliphatic carbocycles. The highest BCUT2D eigenvalue weighted by atomic mass is 19.1. The number of rotatable bonds is 2. The Kier molecular flexibility index (Phi) is 4.20. The maximum absolute atomic E-state index is 12.9. The summed E-state index contributed by atoms with van der Waals surface area (Å²) in [6.07, 6.45) is -0.398. The van der Waals surface area contributed by atoms with E-state index in [1.165, 1.54) is 19.1 Å². The number of esters is 2. The molecule has 0 aliphatic heterocycles. The van der Waals surface area contributed by atoms with Crippen molar-refractivity contribution in [2.75, 3.05) is 0 Å². The van der Waals surface area contributed by atoms with Crippen molar-refractivity contribution in [3.63, 3.8) is 0 Å². The second-order valence-corrected chi connectivity index (χ2v) is 3.75. The first kappa shape index (κ1) is 13.2. The Morgan fingerprint density at radius 3 is 2.41 bits per heavy atom. The van der Waals surface area contributed by atoms with Gasteiger partial charge in [-0.05, 0) is 44.5 Å². The summed E-state index contributed by atoms with van der Waals surface area (Å²) in [6.45, 7) is 4.76. The predicted octanol–water partition coefficient (Wildman–Crippen LogP) is 1.99. The molecule has 17 heavy (non-hydrogen) atoms. The Balaban J connectivity index is 2.68. The molecule has 0 N–H and O–H groups in total. The molecule has 0 bridgehead atoms. The molecular weight excluding hydrogens is 227 g/mol. The third-order valence-corrected chi connectivity index (χ3v) is 1.85. The van der Waals surface area contributed by atoms with Gasteiger partial charge in [0, 0.05) is 0 Å². The maximum Gasteiger partial charge on any atom is 0.422 e. The summed E-state index contributed by atoms with van der Waals surface area (Å²) in [6, 6.07) is 3.75. The van der Waals surface area contributed by atoms with E-state index in [2.05, 4.69) is 4.74 Å². The molecule has 0 aliphatic rings. The third kappa shape index (κ3) is 3.86. The summed E-state index contributed by atoms with van der Waals surface area (Å²) in [5.41, 5.74) is 0.326. The van der Waals surface area contributed by atoms with Gasteiger partial charge < -0.3 is 9.47 Å². The summed E-state index contributed by atoms with van der Waals surface area (Å²) in [5.74, 6) is -2.49. The van der Waals surface area contributed by atoms with E-state index < -0.39 is 23.9 Å². The molecule has 0 saturated heterocycles. The summed E-state index contributed by atoms with van der Waals surface area (Å²) >= 11 is 0. The minimum Gasteiger partial charge on any atom is -0.455 e. The number of carbonyl (C=O) groups excluding carboxylic acids is 2. The first-order chi connectivity index (χ1) is 7.90. The minimum absolute atomic E-state index is 0.106. The van der Waals surface area contributed by atoms with Gasteiger partial charge in [-0.1, -0.05) is 0 Å². The van der Waals surface area contributed by atoms with Gasteiger partial charge in [-0.2, -0.15) is 0 Å². The zero-order valence-corrected chi connectivity index (χ0v) is 9.82. The Morgan fingerprint density at radius 2 is 1.88 bits per heavy atom. The average molecular weight is 240 g/mol. The summed E-state index contributed by atoms with van der Waals surface area (Å²) < 4.78 is 22.3. The van der Waals surface area contributed by atoms with E-state index in [9.17, 15) is 14.0 Å². The fraction of sp³-hybridized carbons (Fsp3) is 0.333. The fourth-order valence-electron chi connectivity index (χ4n) is 1.09. The molecule has 0 unspecified atom stereocenters. The van der Waals surface area contributed by atoms with E-state index in [1.807, 2.05) is 0 Å². The van der Waals surface area contributed by atoms with Crippen LogP contribution < -0.4 is 4.74 Å². The molecule has 4 nitrogen and oxygen atoms in total. The highest BCUT2D eigenvalue weighted by molar-refractivity contribution is 6.30. The van der Waals surface area contributed by atoms with Crippen LogP contribution in [0.4, 0.5) is 4.39 Å². The Bertz CT molecular complexity index is 440. The Morgan fingerprint density at radius 1 is 1.24 bits per heavy atom. The number of hydrogen-bond donors (Lipinski definition) is 0. The Hall–Kier alpha value is -1.91. The van der Waals surface area contributed by atoms with Crippen molar-refractivity contribution < 1.29 is 23.5 Å².